The molecule has 1 fully saturated rings. The molecule has 2 aliphatic heterocycles. The number of Topliss-reactive ketones (excluding diaryl/α,β-unsaturated/α-hetero) is 1. The Hall–Kier alpha value is -3.32. The average molecular weight is 412 g/mol. The molecule has 2 aromatic carbocycles. The van der Waals surface area contributed by atoms with Gasteiger partial charge in [0.1, 0.15) is 11.4 Å². The molecule has 0 aromatic heterocycles. The molecule has 148 valence electrons. The van der Waals surface area contributed by atoms with E-state index in [0.717, 1.165) is 4.90 Å². The first kappa shape index (κ1) is 19.0. The second-order valence-corrected chi connectivity index (χ2v) is 7.20. The van der Waals surface area contributed by atoms with E-state index >= 15 is 0 Å². The third kappa shape index (κ3) is 2.86. The van der Waals surface area contributed by atoms with Gasteiger partial charge in [-0.1, -0.05) is 17.7 Å². The fourth-order valence-corrected chi connectivity index (χ4v) is 3.77. The lowest BCUT2D eigenvalue weighted by Gasteiger charge is -2.26. The zero-order chi connectivity index (χ0) is 20.9. The van der Waals surface area contributed by atoms with Gasteiger partial charge >= 0.3 is 0 Å². The normalized spacial score (nSPS) is 18.3. The number of rotatable bonds is 4. The number of hydrazine groups is 1. The highest BCUT2D eigenvalue weighted by atomic mass is 35.5. The van der Waals surface area contributed by atoms with Gasteiger partial charge in [0.15, 0.2) is 11.8 Å². The molecule has 8 heteroatoms. The van der Waals surface area contributed by atoms with E-state index in [1.807, 2.05) is 0 Å². The van der Waals surface area contributed by atoms with Crippen molar-refractivity contribution < 1.29 is 19.1 Å². The molecular weight excluding hydrogens is 394 g/mol. The predicted octanol–water partition coefficient (Wildman–Crippen LogP) is 2.77. The molecule has 2 amide bonds. The highest BCUT2D eigenvalue weighted by Gasteiger charge is 2.53. The fourth-order valence-electron chi connectivity index (χ4n) is 3.60. The number of carbonyl (C=O) groups excluding carboxylic acids is 3. The third-order valence-electron chi connectivity index (χ3n) is 5.10. The van der Waals surface area contributed by atoms with Gasteiger partial charge in [-0.15, -0.1) is 0 Å². The minimum Gasteiger partial charge on any atom is -0.497 e. The van der Waals surface area contributed by atoms with E-state index in [1.54, 1.807) is 56.5 Å². The Kier molecular flexibility index (Phi) is 4.55. The third-order valence-corrected chi connectivity index (χ3v) is 5.51. The van der Waals surface area contributed by atoms with Crippen LogP contribution in [0, 0.1) is 6.92 Å². The van der Waals surface area contributed by atoms with Crippen LogP contribution in [0.1, 0.15) is 12.5 Å². The number of carbonyl (C=O) groups is 3. The molecule has 2 heterocycles. The molecule has 2 aliphatic rings. The predicted molar refractivity (Wildman–Crippen MR) is 109 cm³/mol. The molecule has 0 bridgehead atoms. The quantitative estimate of drug-likeness (QED) is 0.779. The van der Waals surface area contributed by atoms with Crippen LogP contribution in [0.4, 0.5) is 11.4 Å². The van der Waals surface area contributed by atoms with E-state index in [1.165, 1.54) is 11.9 Å². The highest BCUT2D eigenvalue weighted by Crippen LogP contribution is 2.39. The number of nitrogens with one attached hydrogen (secondary N) is 1. The highest BCUT2D eigenvalue weighted by molar-refractivity contribution is 6.36. The molecule has 0 saturated carbocycles. The van der Waals surface area contributed by atoms with Gasteiger partial charge < -0.3 is 4.74 Å². The summed E-state index contributed by atoms with van der Waals surface area (Å²) in [4.78, 5) is 39.9. The van der Waals surface area contributed by atoms with Crippen molar-refractivity contribution in [2.75, 3.05) is 17.0 Å². The first-order valence-corrected chi connectivity index (χ1v) is 9.31. The van der Waals surface area contributed by atoms with E-state index in [9.17, 15) is 14.4 Å². The maximum atomic E-state index is 13.3. The van der Waals surface area contributed by atoms with Crippen LogP contribution in [0.25, 0.3) is 0 Å². The molecule has 2 aromatic rings. The second-order valence-electron chi connectivity index (χ2n) is 6.79. The summed E-state index contributed by atoms with van der Waals surface area (Å²) in [6.45, 7) is 3.10. The smallest absolute Gasteiger partial charge is 0.266 e. The van der Waals surface area contributed by atoms with Gasteiger partial charge in [-0.25, -0.2) is 4.90 Å². The van der Waals surface area contributed by atoms with Gasteiger partial charge in [0.05, 0.1) is 24.1 Å². The van der Waals surface area contributed by atoms with E-state index in [-0.39, 0.29) is 17.1 Å². The molecule has 0 aliphatic carbocycles. The Morgan fingerprint density at radius 2 is 1.83 bits per heavy atom. The Morgan fingerprint density at radius 3 is 2.45 bits per heavy atom. The summed E-state index contributed by atoms with van der Waals surface area (Å²) >= 11 is 6.19. The molecule has 1 atom stereocenters. The number of hydrogen-bond acceptors (Lipinski definition) is 6. The molecule has 0 radical (unpaired) electrons. The van der Waals surface area contributed by atoms with Gasteiger partial charge in [-0.3, -0.25) is 24.8 Å². The zero-order valence-corrected chi connectivity index (χ0v) is 16.8. The van der Waals surface area contributed by atoms with Crippen LogP contribution in [0.5, 0.6) is 5.75 Å². The van der Waals surface area contributed by atoms with Gasteiger partial charge in [0.25, 0.3) is 11.8 Å². The van der Waals surface area contributed by atoms with Crippen LogP contribution in [0.3, 0.4) is 0 Å². The molecule has 1 N–H and O–H groups in total. The fraction of sp³-hybridized carbons (Fsp3) is 0.190. The number of fused-ring (bicyclic) bond motifs is 1. The molecule has 29 heavy (non-hydrogen) atoms. The summed E-state index contributed by atoms with van der Waals surface area (Å²) in [6, 6.07) is 11.1. The Labute approximate surface area is 172 Å². The van der Waals surface area contributed by atoms with E-state index < -0.39 is 17.9 Å². The lowest BCUT2D eigenvalue weighted by atomic mass is 10.1. The molecular formula is C21H18ClN3O4. The van der Waals surface area contributed by atoms with Crippen LogP contribution in [-0.4, -0.2) is 30.7 Å². The summed E-state index contributed by atoms with van der Waals surface area (Å²) in [5, 5.41) is 1.98. The summed E-state index contributed by atoms with van der Waals surface area (Å²) in [5.74, 6) is -0.654. The summed E-state index contributed by atoms with van der Waals surface area (Å²) in [5.41, 5.74) is 4.83. The van der Waals surface area contributed by atoms with Crippen molar-refractivity contribution in [3.05, 3.63) is 64.3 Å². The number of amides is 2. The van der Waals surface area contributed by atoms with Crippen LogP contribution < -0.4 is 20.1 Å². The number of hydrogen-bond donors (Lipinski definition) is 1. The molecule has 4 rings (SSSR count). The first-order valence-electron chi connectivity index (χ1n) is 8.93. The van der Waals surface area contributed by atoms with Crippen molar-refractivity contribution in [3.8, 4) is 5.75 Å². The maximum Gasteiger partial charge on any atom is 0.266 e. The van der Waals surface area contributed by atoms with Crippen LogP contribution in [0.2, 0.25) is 5.02 Å². The number of benzene rings is 2. The number of allylic oxidation sites excluding steroid dienone is 1. The summed E-state index contributed by atoms with van der Waals surface area (Å²) in [7, 11) is 1.56. The number of ketones is 1. The standard InChI is InChI=1S/C21H18ClN3O4/c1-11-15(22)5-4-6-16(11)24-20(27)17-18(12(2)26)23-25(19(17)21(24)28)13-7-9-14(29-3)10-8-13/h4-10,19,23H,1-3H3/t19-/m1/s1. The lowest BCUT2D eigenvalue weighted by Crippen LogP contribution is -2.46. The van der Waals surface area contributed by atoms with Crippen molar-refractivity contribution in [1.82, 2.24) is 5.43 Å². The van der Waals surface area contributed by atoms with Gasteiger partial charge in [0, 0.05) is 11.9 Å². The SMILES string of the molecule is COc1ccc(N2NC(C(C)=O)=C3C(=O)N(c4cccc(Cl)c4C)C(=O)[C@@H]32)cc1. The molecule has 1 saturated heterocycles. The summed E-state index contributed by atoms with van der Waals surface area (Å²) in [6.07, 6.45) is 0. The van der Waals surface area contributed by atoms with Crippen molar-refractivity contribution in [2.45, 2.75) is 19.9 Å². The molecule has 0 unspecified atom stereocenters. The van der Waals surface area contributed by atoms with E-state index in [2.05, 4.69) is 5.43 Å². The molecule has 0 spiro atoms. The topological polar surface area (TPSA) is 79.0 Å². The van der Waals surface area contributed by atoms with Crippen molar-refractivity contribution in [1.29, 1.82) is 0 Å². The van der Waals surface area contributed by atoms with E-state index in [0.29, 0.717) is 27.7 Å². The van der Waals surface area contributed by atoms with Crippen molar-refractivity contribution in [3.63, 3.8) is 0 Å². The first-order chi connectivity index (χ1) is 13.8. The second kappa shape index (κ2) is 6.93. The van der Waals surface area contributed by atoms with E-state index in [4.69, 9.17) is 16.3 Å². The number of methoxy groups -OCH3 is 1. The summed E-state index contributed by atoms with van der Waals surface area (Å²) < 4.78 is 5.17. The van der Waals surface area contributed by atoms with Crippen molar-refractivity contribution in [2.24, 2.45) is 0 Å². The van der Waals surface area contributed by atoms with Crippen molar-refractivity contribution >= 4 is 40.6 Å². The van der Waals surface area contributed by atoms with Gasteiger partial charge in [-0.05, 0) is 48.9 Å². The lowest BCUT2D eigenvalue weighted by molar-refractivity contribution is -0.121. The molecule has 7 nitrogen and oxygen atoms in total. The Morgan fingerprint density at radius 1 is 1.14 bits per heavy atom. The zero-order valence-electron chi connectivity index (χ0n) is 16.0. The van der Waals surface area contributed by atoms with Crippen LogP contribution in [-0.2, 0) is 14.4 Å². The number of anilines is 2. The van der Waals surface area contributed by atoms with Gasteiger partial charge in [-0.2, -0.15) is 0 Å². The average Bonchev–Trinajstić information content (AvgIpc) is 3.22. The van der Waals surface area contributed by atoms with Crippen LogP contribution >= 0.6 is 11.6 Å². The largest absolute Gasteiger partial charge is 0.497 e. The Bertz CT molecular complexity index is 1080. The number of halogens is 1. The number of ether oxygens (including phenoxy) is 1. The Balaban J connectivity index is 1.82. The minimum absolute atomic E-state index is 0.117. The maximum absolute atomic E-state index is 13.3. The monoisotopic (exact) mass is 411 g/mol. The minimum atomic E-state index is -0.951. The van der Waals surface area contributed by atoms with Gasteiger partial charge in [0.2, 0.25) is 0 Å². The van der Waals surface area contributed by atoms with Crippen LogP contribution in [0.15, 0.2) is 53.7 Å². The number of nitrogens with zero attached hydrogens (tertiary/aromatic N) is 2. The number of imide groups is 1.